The van der Waals surface area contributed by atoms with E-state index in [-0.39, 0.29) is 0 Å². The fraction of sp³-hybridized carbons (Fsp3) is 0.500. The van der Waals surface area contributed by atoms with E-state index in [4.69, 9.17) is 0 Å². The lowest BCUT2D eigenvalue weighted by molar-refractivity contribution is 0.0331. The molecule has 1 fully saturated rings. The maximum absolute atomic E-state index is 10.3. The molecule has 1 N–H and O–H groups in total. The van der Waals surface area contributed by atoms with Gasteiger partial charge >= 0.3 is 0 Å². The summed E-state index contributed by atoms with van der Waals surface area (Å²) in [5, 5.41) is 10.3. The van der Waals surface area contributed by atoms with Gasteiger partial charge in [0.2, 0.25) is 0 Å². The average Bonchev–Trinajstić information content (AvgIpc) is 3.01. The zero-order valence-corrected chi connectivity index (χ0v) is 8.83. The predicted octanol–water partition coefficient (Wildman–Crippen LogP) is 1.68. The first-order chi connectivity index (χ1) is 6.64. The van der Waals surface area contributed by atoms with Crippen molar-refractivity contribution < 1.29 is 5.11 Å². The number of hydrogen-bond acceptors (Lipinski definition) is 1. The van der Waals surface area contributed by atoms with E-state index in [9.17, 15) is 5.11 Å². The largest absolute Gasteiger partial charge is 0.385 e. The van der Waals surface area contributed by atoms with Gasteiger partial charge in [-0.2, -0.15) is 0 Å². The van der Waals surface area contributed by atoms with E-state index in [0.29, 0.717) is 5.92 Å². The number of benzene rings is 1. The molecule has 73 valence electrons. The van der Waals surface area contributed by atoms with Gasteiger partial charge in [-0.25, -0.2) is 0 Å². The fourth-order valence-electron chi connectivity index (χ4n) is 1.89. The second-order valence-electron chi connectivity index (χ2n) is 4.33. The second-order valence-corrected chi connectivity index (χ2v) is 4.33. The first-order valence-electron chi connectivity index (χ1n) is 5.27. The van der Waals surface area contributed by atoms with Crippen molar-refractivity contribution in [2.45, 2.75) is 32.2 Å². The summed E-state index contributed by atoms with van der Waals surface area (Å²) < 4.78 is 0. The van der Waals surface area contributed by atoms with Crippen molar-refractivity contribution in [1.29, 1.82) is 0 Å². The second kappa shape index (κ2) is 3.43. The zero-order valence-electron chi connectivity index (χ0n) is 8.83. The van der Waals surface area contributed by atoms with Crippen LogP contribution in [0.3, 0.4) is 0 Å². The molecule has 1 aliphatic rings. The van der Waals surface area contributed by atoms with Crippen LogP contribution in [-0.4, -0.2) is 12.4 Å². The standard InChI is InChI=1S/C12H16BO/c1-12(14,9-3-4-9)10-5-7-11(13-2)8-6-10/h5-9,14H,3-4H2,1-2H3. The lowest BCUT2D eigenvalue weighted by Gasteiger charge is -2.23. The Morgan fingerprint density at radius 2 is 1.86 bits per heavy atom. The van der Waals surface area contributed by atoms with E-state index in [0.717, 1.165) is 18.4 Å². The minimum Gasteiger partial charge on any atom is -0.385 e. The van der Waals surface area contributed by atoms with Crippen LogP contribution in [0.1, 0.15) is 25.3 Å². The molecule has 1 atom stereocenters. The zero-order chi connectivity index (χ0) is 10.2. The maximum atomic E-state index is 10.3. The molecule has 1 saturated carbocycles. The molecule has 0 aromatic heterocycles. The molecule has 1 aliphatic carbocycles. The van der Waals surface area contributed by atoms with Crippen molar-refractivity contribution in [3.8, 4) is 0 Å². The molecule has 1 aromatic rings. The minimum absolute atomic E-state index is 0.471. The molecule has 1 nitrogen and oxygen atoms in total. The van der Waals surface area contributed by atoms with E-state index in [1.54, 1.807) is 0 Å². The summed E-state index contributed by atoms with van der Waals surface area (Å²) in [6, 6.07) is 8.19. The Bertz CT molecular complexity index is 312. The highest BCUT2D eigenvalue weighted by molar-refractivity contribution is 6.51. The summed E-state index contributed by atoms with van der Waals surface area (Å²) in [5.41, 5.74) is 1.64. The van der Waals surface area contributed by atoms with Crippen LogP contribution < -0.4 is 5.46 Å². The highest BCUT2D eigenvalue weighted by atomic mass is 16.3. The van der Waals surface area contributed by atoms with Crippen LogP contribution in [0.5, 0.6) is 0 Å². The third-order valence-corrected chi connectivity index (χ3v) is 3.20. The number of aliphatic hydroxyl groups is 1. The first-order valence-corrected chi connectivity index (χ1v) is 5.27. The van der Waals surface area contributed by atoms with Crippen molar-refractivity contribution in [2.24, 2.45) is 5.92 Å². The SMILES string of the molecule is C[B]c1ccc(C(C)(O)C2CC2)cc1. The van der Waals surface area contributed by atoms with Gasteiger partial charge in [-0.15, -0.1) is 0 Å². The third-order valence-electron chi connectivity index (χ3n) is 3.20. The Labute approximate surface area is 86.4 Å². The molecule has 2 heteroatoms. The van der Waals surface area contributed by atoms with Crippen LogP contribution in [0.4, 0.5) is 0 Å². The third kappa shape index (κ3) is 1.71. The Balaban J connectivity index is 2.23. The van der Waals surface area contributed by atoms with Crippen molar-refractivity contribution in [3.63, 3.8) is 0 Å². The van der Waals surface area contributed by atoms with Gasteiger partial charge in [-0.05, 0) is 31.2 Å². The monoisotopic (exact) mass is 187 g/mol. The quantitative estimate of drug-likeness (QED) is 0.713. The normalized spacial score (nSPS) is 20.2. The van der Waals surface area contributed by atoms with Crippen LogP contribution in [0.25, 0.3) is 0 Å². The van der Waals surface area contributed by atoms with Gasteiger partial charge in [0.15, 0.2) is 0 Å². The molecule has 0 amide bonds. The molecule has 14 heavy (non-hydrogen) atoms. The summed E-state index contributed by atoms with van der Waals surface area (Å²) in [6.45, 7) is 3.95. The summed E-state index contributed by atoms with van der Waals surface area (Å²) >= 11 is 0. The highest BCUT2D eigenvalue weighted by Gasteiger charge is 2.40. The molecule has 0 aliphatic heterocycles. The Hall–Kier alpha value is -0.755. The van der Waals surface area contributed by atoms with E-state index in [2.05, 4.69) is 19.4 Å². The van der Waals surface area contributed by atoms with Crippen LogP contribution in [0.2, 0.25) is 6.82 Å². The fourth-order valence-corrected chi connectivity index (χ4v) is 1.89. The molecule has 2 rings (SSSR count). The van der Waals surface area contributed by atoms with Gasteiger partial charge < -0.3 is 5.11 Å². The van der Waals surface area contributed by atoms with E-state index < -0.39 is 5.60 Å². The first kappa shape index (κ1) is 9.79. The Morgan fingerprint density at radius 3 is 2.29 bits per heavy atom. The van der Waals surface area contributed by atoms with Gasteiger partial charge in [0.1, 0.15) is 7.28 Å². The van der Waals surface area contributed by atoms with Crippen LogP contribution >= 0.6 is 0 Å². The van der Waals surface area contributed by atoms with E-state index in [1.807, 2.05) is 25.9 Å². The van der Waals surface area contributed by atoms with Crippen molar-refractivity contribution in [2.75, 3.05) is 0 Å². The van der Waals surface area contributed by atoms with Gasteiger partial charge in [0, 0.05) is 0 Å². The van der Waals surface area contributed by atoms with Gasteiger partial charge in [-0.3, -0.25) is 0 Å². The van der Waals surface area contributed by atoms with E-state index in [1.165, 1.54) is 5.46 Å². The molecule has 1 radical (unpaired) electrons. The minimum atomic E-state index is -0.619. The topological polar surface area (TPSA) is 20.2 Å². The molecule has 1 aromatic carbocycles. The highest BCUT2D eigenvalue weighted by Crippen LogP contribution is 2.45. The molecule has 1 unspecified atom stereocenters. The molecular formula is C12H16BO. The lowest BCUT2D eigenvalue weighted by atomic mass is 9.73. The van der Waals surface area contributed by atoms with Crippen molar-refractivity contribution in [1.82, 2.24) is 0 Å². The van der Waals surface area contributed by atoms with Gasteiger partial charge in [-0.1, -0.05) is 36.6 Å². The Kier molecular flexibility index (Phi) is 2.40. The molecule has 0 heterocycles. The van der Waals surface area contributed by atoms with Gasteiger partial charge in [0.25, 0.3) is 0 Å². The summed E-state index contributed by atoms with van der Waals surface area (Å²) in [7, 11) is 2.07. The molecule has 0 bridgehead atoms. The smallest absolute Gasteiger partial charge is 0.148 e. The van der Waals surface area contributed by atoms with Crippen LogP contribution in [-0.2, 0) is 5.60 Å². The molecular weight excluding hydrogens is 171 g/mol. The number of rotatable bonds is 3. The maximum Gasteiger partial charge on any atom is 0.148 e. The predicted molar refractivity (Wildman–Crippen MR) is 60.0 cm³/mol. The van der Waals surface area contributed by atoms with Crippen LogP contribution in [0, 0.1) is 5.92 Å². The summed E-state index contributed by atoms with van der Waals surface area (Å²) in [5.74, 6) is 0.471. The summed E-state index contributed by atoms with van der Waals surface area (Å²) in [6.07, 6.45) is 2.32. The Morgan fingerprint density at radius 1 is 1.29 bits per heavy atom. The summed E-state index contributed by atoms with van der Waals surface area (Å²) in [4.78, 5) is 0. The van der Waals surface area contributed by atoms with Crippen molar-refractivity contribution in [3.05, 3.63) is 29.8 Å². The van der Waals surface area contributed by atoms with Crippen molar-refractivity contribution >= 4 is 12.7 Å². The molecule has 0 spiro atoms. The lowest BCUT2D eigenvalue weighted by Crippen LogP contribution is -2.24. The van der Waals surface area contributed by atoms with Gasteiger partial charge in [0.05, 0.1) is 5.60 Å². The van der Waals surface area contributed by atoms with E-state index >= 15 is 0 Å². The number of hydrogen-bond donors (Lipinski definition) is 1. The average molecular weight is 187 g/mol. The van der Waals surface area contributed by atoms with Crippen LogP contribution in [0.15, 0.2) is 24.3 Å². The molecule has 0 saturated heterocycles.